The summed E-state index contributed by atoms with van der Waals surface area (Å²) in [6.07, 6.45) is 1.34. The van der Waals surface area contributed by atoms with Crippen LogP contribution >= 0.6 is 24.0 Å². The maximum absolute atomic E-state index is 12.4. The second kappa shape index (κ2) is 7.84. The maximum Gasteiger partial charge on any atom is 0.253 e. The number of likely N-dealkylation sites (tertiary alicyclic amines) is 1. The average molecular weight is 319 g/mol. The first-order valence-corrected chi connectivity index (χ1v) is 6.84. The van der Waals surface area contributed by atoms with E-state index >= 15 is 0 Å². The number of nitrogens with two attached hydrogens (primary N) is 1. The predicted octanol–water partition coefficient (Wildman–Crippen LogP) is 2.40. The Morgan fingerprint density at radius 1 is 1.55 bits per heavy atom. The molecule has 2 atom stereocenters. The summed E-state index contributed by atoms with van der Waals surface area (Å²) >= 11 is 6.23. The molecule has 6 heteroatoms. The number of methoxy groups -OCH3 is 1. The molecule has 20 heavy (non-hydrogen) atoms. The molecule has 2 unspecified atom stereocenters. The van der Waals surface area contributed by atoms with Crippen LogP contribution in [0.4, 0.5) is 0 Å². The highest BCUT2D eigenvalue weighted by Gasteiger charge is 2.34. The zero-order chi connectivity index (χ0) is 13.8. The van der Waals surface area contributed by atoms with E-state index < -0.39 is 6.10 Å². The molecule has 0 bridgehead atoms. The van der Waals surface area contributed by atoms with Gasteiger partial charge in [-0.3, -0.25) is 4.79 Å². The number of nitrogens with zero attached hydrogens (tertiary/aromatic N) is 1. The van der Waals surface area contributed by atoms with Crippen molar-refractivity contribution < 1.29 is 9.53 Å². The number of amides is 1. The van der Waals surface area contributed by atoms with Crippen LogP contribution in [0.25, 0.3) is 0 Å². The Morgan fingerprint density at radius 2 is 2.25 bits per heavy atom. The minimum absolute atomic E-state index is 0. The molecular weight excluding hydrogens is 299 g/mol. The molecule has 0 radical (unpaired) electrons. The van der Waals surface area contributed by atoms with Crippen LogP contribution in [0.2, 0.25) is 5.02 Å². The quantitative estimate of drug-likeness (QED) is 0.927. The van der Waals surface area contributed by atoms with Gasteiger partial charge in [-0.15, -0.1) is 12.4 Å². The minimum Gasteiger partial charge on any atom is -0.370 e. The SMILES string of the molecule is COC(CN)C(=O)N1CCCC1c1ccccc1Cl.Cl. The zero-order valence-electron chi connectivity index (χ0n) is 11.4. The molecule has 1 aromatic rings. The fourth-order valence-electron chi connectivity index (χ4n) is 2.58. The van der Waals surface area contributed by atoms with Crippen LogP contribution in [0.3, 0.4) is 0 Å². The van der Waals surface area contributed by atoms with Gasteiger partial charge in [0.1, 0.15) is 6.10 Å². The number of rotatable bonds is 4. The van der Waals surface area contributed by atoms with Gasteiger partial charge >= 0.3 is 0 Å². The minimum atomic E-state index is -0.567. The van der Waals surface area contributed by atoms with Gasteiger partial charge in [0.25, 0.3) is 5.91 Å². The van der Waals surface area contributed by atoms with Crippen LogP contribution in [0.1, 0.15) is 24.4 Å². The summed E-state index contributed by atoms with van der Waals surface area (Å²) in [5, 5.41) is 0.703. The lowest BCUT2D eigenvalue weighted by Crippen LogP contribution is -2.43. The van der Waals surface area contributed by atoms with Crippen LogP contribution in [0.15, 0.2) is 24.3 Å². The molecule has 0 spiro atoms. The molecule has 1 fully saturated rings. The number of carbonyl (C=O) groups is 1. The van der Waals surface area contributed by atoms with E-state index in [2.05, 4.69) is 0 Å². The molecule has 0 saturated carbocycles. The third-order valence-electron chi connectivity index (χ3n) is 3.57. The fourth-order valence-corrected chi connectivity index (χ4v) is 2.84. The lowest BCUT2D eigenvalue weighted by Gasteiger charge is -2.28. The first-order chi connectivity index (χ1) is 9.19. The van der Waals surface area contributed by atoms with Crippen molar-refractivity contribution in [2.75, 3.05) is 20.2 Å². The molecule has 1 saturated heterocycles. The molecule has 2 rings (SSSR count). The monoisotopic (exact) mass is 318 g/mol. The van der Waals surface area contributed by atoms with Crippen LogP contribution in [-0.4, -0.2) is 37.1 Å². The summed E-state index contributed by atoms with van der Waals surface area (Å²) < 4.78 is 5.14. The Labute approximate surface area is 130 Å². The Morgan fingerprint density at radius 3 is 2.85 bits per heavy atom. The van der Waals surface area contributed by atoms with E-state index in [9.17, 15) is 4.79 Å². The topological polar surface area (TPSA) is 55.6 Å². The lowest BCUT2D eigenvalue weighted by molar-refractivity contribution is -0.142. The molecular formula is C14H20Cl2N2O2. The van der Waals surface area contributed by atoms with Crippen LogP contribution in [0, 0.1) is 0 Å². The van der Waals surface area contributed by atoms with Gasteiger partial charge in [-0.25, -0.2) is 0 Å². The molecule has 1 aromatic carbocycles. The molecule has 2 N–H and O–H groups in total. The number of benzene rings is 1. The normalized spacial score (nSPS) is 19.6. The third-order valence-corrected chi connectivity index (χ3v) is 3.92. The highest BCUT2D eigenvalue weighted by Crippen LogP contribution is 2.36. The Kier molecular flexibility index (Phi) is 6.76. The maximum atomic E-state index is 12.4. The summed E-state index contributed by atoms with van der Waals surface area (Å²) in [4.78, 5) is 14.2. The van der Waals surface area contributed by atoms with Gasteiger partial charge in [0.15, 0.2) is 0 Å². The second-order valence-corrected chi connectivity index (χ2v) is 5.08. The van der Waals surface area contributed by atoms with Crippen LogP contribution < -0.4 is 5.73 Å². The van der Waals surface area contributed by atoms with Crippen molar-refractivity contribution in [2.45, 2.75) is 25.0 Å². The number of hydrogen-bond donors (Lipinski definition) is 1. The van der Waals surface area contributed by atoms with Gasteiger partial charge in [0.05, 0.1) is 6.04 Å². The smallest absolute Gasteiger partial charge is 0.253 e. The van der Waals surface area contributed by atoms with E-state index in [-0.39, 0.29) is 30.9 Å². The molecule has 1 amide bonds. The lowest BCUT2D eigenvalue weighted by atomic mass is 10.0. The van der Waals surface area contributed by atoms with Crippen molar-refractivity contribution in [3.05, 3.63) is 34.9 Å². The Hall–Kier alpha value is -0.810. The number of ether oxygens (including phenoxy) is 1. The van der Waals surface area contributed by atoms with Crippen molar-refractivity contribution in [2.24, 2.45) is 5.73 Å². The molecule has 112 valence electrons. The van der Waals surface area contributed by atoms with E-state index in [1.165, 1.54) is 7.11 Å². The second-order valence-electron chi connectivity index (χ2n) is 4.67. The number of hydrogen-bond acceptors (Lipinski definition) is 3. The Bertz CT molecular complexity index is 453. The van der Waals surface area contributed by atoms with E-state index in [1.54, 1.807) is 0 Å². The van der Waals surface area contributed by atoms with Gasteiger partial charge in [-0.05, 0) is 24.5 Å². The molecule has 1 aliphatic heterocycles. The molecule has 4 nitrogen and oxygen atoms in total. The summed E-state index contributed by atoms with van der Waals surface area (Å²) in [6.45, 7) is 0.926. The van der Waals surface area contributed by atoms with Gasteiger partial charge in [-0.1, -0.05) is 29.8 Å². The largest absolute Gasteiger partial charge is 0.370 e. The van der Waals surface area contributed by atoms with E-state index in [1.807, 2.05) is 29.2 Å². The third kappa shape index (κ3) is 3.44. The van der Waals surface area contributed by atoms with Crippen LogP contribution in [-0.2, 0) is 9.53 Å². The molecule has 1 aliphatic rings. The summed E-state index contributed by atoms with van der Waals surface area (Å²) in [5.74, 6) is -0.0487. The first-order valence-electron chi connectivity index (χ1n) is 6.46. The summed E-state index contributed by atoms with van der Waals surface area (Å²) in [5.41, 5.74) is 6.57. The summed E-state index contributed by atoms with van der Waals surface area (Å²) in [7, 11) is 1.51. The van der Waals surface area contributed by atoms with Crippen molar-refractivity contribution in [1.29, 1.82) is 0 Å². The van der Waals surface area contributed by atoms with Crippen molar-refractivity contribution in [3.8, 4) is 0 Å². The van der Waals surface area contributed by atoms with E-state index in [4.69, 9.17) is 22.1 Å². The first kappa shape index (κ1) is 17.2. The Balaban J connectivity index is 0.00000200. The van der Waals surface area contributed by atoms with Crippen molar-refractivity contribution in [3.63, 3.8) is 0 Å². The zero-order valence-corrected chi connectivity index (χ0v) is 13.0. The van der Waals surface area contributed by atoms with Gasteiger partial charge < -0.3 is 15.4 Å². The highest BCUT2D eigenvalue weighted by molar-refractivity contribution is 6.31. The average Bonchev–Trinajstić information content (AvgIpc) is 2.89. The molecule has 1 heterocycles. The molecule has 0 aromatic heterocycles. The number of halogens is 2. The predicted molar refractivity (Wildman–Crippen MR) is 82.2 cm³/mol. The summed E-state index contributed by atoms with van der Waals surface area (Å²) in [6, 6.07) is 7.70. The van der Waals surface area contributed by atoms with E-state index in [0.29, 0.717) is 5.02 Å². The standard InChI is InChI=1S/C14H19ClN2O2.ClH/c1-19-13(9-16)14(18)17-8-4-7-12(17)10-5-2-3-6-11(10)15;/h2-3,5-6,12-13H,4,7-9,16H2,1H3;1H. The van der Waals surface area contributed by atoms with E-state index in [0.717, 1.165) is 24.9 Å². The van der Waals surface area contributed by atoms with Gasteiger partial charge in [-0.2, -0.15) is 0 Å². The van der Waals surface area contributed by atoms with Crippen molar-refractivity contribution in [1.82, 2.24) is 4.90 Å². The van der Waals surface area contributed by atoms with Gasteiger partial charge in [0, 0.05) is 25.2 Å². The molecule has 0 aliphatic carbocycles. The van der Waals surface area contributed by atoms with Crippen LogP contribution in [0.5, 0.6) is 0 Å². The fraction of sp³-hybridized carbons (Fsp3) is 0.500. The van der Waals surface area contributed by atoms with Crippen molar-refractivity contribution >= 4 is 29.9 Å². The van der Waals surface area contributed by atoms with Gasteiger partial charge in [0.2, 0.25) is 0 Å². The highest BCUT2D eigenvalue weighted by atomic mass is 35.5. The number of carbonyl (C=O) groups excluding carboxylic acids is 1.